The minimum atomic E-state index is -3.10. The maximum absolute atomic E-state index is 12.2. The summed E-state index contributed by atoms with van der Waals surface area (Å²) in [5.41, 5.74) is 0.0798. The summed E-state index contributed by atoms with van der Waals surface area (Å²) < 4.78 is 51.3. The number of carbonyl (C=O) groups is 1. The van der Waals surface area contributed by atoms with Gasteiger partial charge in [-0.05, 0) is 18.6 Å². The van der Waals surface area contributed by atoms with E-state index in [1.54, 1.807) is 6.07 Å². The number of amides is 2. The third-order valence-corrected chi connectivity index (χ3v) is 4.69. The van der Waals surface area contributed by atoms with Gasteiger partial charge >= 0.3 is 12.6 Å². The van der Waals surface area contributed by atoms with Gasteiger partial charge in [0.1, 0.15) is 5.75 Å². The van der Waals surface area contributed by atoms with Crippen molar-refractivity contribution >= 4 is 21.6 Å². The zero-order chi connectivity index (χ0) is 15.5. The highest BCUT2D eigenvalue weighted by molar-refractivity contribution is 7.91. The first kappa shape index (κ1) is 15.5. The first-order chi connectivity index (χ1) is 9.85. The first-order valence-corrected chi connectivity index (χ1v) is 7.99. The van der Waals surface area contributed by atoms with Crippen LogP contribution >= 0.6 is 0 Å². The number of carbonyl (C=O) groups excluding carboxylic acids is 1. The van der Waals surface area contributed by atoms with Crippen LogP contribution in [0.15, 0.2) is 24.3 Å². The molecule has 1 fully saturated rings. The predicted molar refractivity (Wildman–Crippen MR) is 72.3 cm³/mol. The van der Waals surface area contributed by atoms with Gasteiger partial charge in [0.05, 0.1) is 17.2 Å². The van der Waals surface area contributed by atoms with Crippen LogP contribution in [0.25, 0.3) is 0 Å². The molecule has 0 radical (unpaired) electrons. The molecule has 6 nitrogen and oxygen atoms in total. The van der Waals surface area contributed by atoms with Crippen LogP contribution in [0.1, 0.15) is 6.42 Å². The number of anilines is 1. The lowest BCUT2D eigenvalue weighted by Gasteiger charge is -2.14. The Morgan fingerprint density at radius 2 is 2.05 bits per heavy atom. The minimum Gasteiger partial charge on any atom is -0.433 e. The monoisotopic (exact) mass is 320 g/mol. The number of sulfone groups is 1. The topological polar surface area (TPSA) is 84.5 Å². The number of hydrogen-bond acceptors (Lipinski definition) is 4. The van der Waals surface area contributed by atoms with Crippen LogP contribution in [-0.2, 0) is 9.84 Å². The highest BCUT2D eigenvalue weighted by Crippen LogP contribution is 2.25. The third-order valence-electron chi connectivity index (χ3n) is 2.92. The number of nitrogens with one attached hydrogen (secondary N) is 2. The Morgan fingerprint density at radius 3 is 2.67 bits per heavy atom. The normalized spacial score (nSPS) is 20.2. The number of para-hydroxylation sites is 2. The van der Waals surface area contributed by atoms with Crippen LogP contribution in [0.4, 0.5) is 19.3 Å². The lowest BCUT2D eigenvalue weighted by molar-refractivity contribution is -0.0493. The number of rotatable bonds is 4. The molecule has 0 saturated carbocycles. The average molecular weight is 320 g/mol. The second-order valence-electron chi connectivity index (χ2n) is 4.57. The number of ether oxygens (including phenoxy) is 1. The fourth-order valence-corrected chi connectivity index (χ4v) is 3.69. The van der Waals surface area contributed by atoms with E-state index in [1.807, 2.05) is 0 Å². The van der Waals surface area contributed by atoms with Gasteiger partial charge in [-0.1, -0.05) is 12.1 Å². The molecule has 1 heterocycles. The average Bonchev–Trinajstić information content (AvgIpc) is 2.70. The number of benzene rings is 1. The lowest BCUT2D eigenvalue weighted by Crippen LogP contribution is -2.38. The van der Waals surface area contributed by atoms with E-state index in [-0.39, 0.29) is 22.9 Å². The first-order valence-electron chi connectivity index (χ1n) is 6.17. The van der Waals surface area contributed by atoms with Crippen molar-refractivity contribution < 1.29 is 26.7 Å². The molecule has 2 N–H and O–H groups in total. The third kappa shape index (κ3) is 4.55. The number of alkyl halides is 2. The molecule has 9 heteroatoms. The van der Waals surface area contributed by atoms with Gasteiger partial charge in [-0.15, -0.1) is 0 Å². The Bertz CT molecular complexity index is 621. The molecule has 116 valence electrons. The molecule has 21 heavy (non-hydrogen) atoms. The summed E-state index contributed by atoms with van der Waals surface area (Å²) in [6, 6.07) is 4.60. The smallest absolute Gasteiger partial charge is 0.387 e. The van der Waals surface area contributed by atoms with Gasteiger partial charge in [-0.3, -0.25) is 0 Å². The summed E-state index contributed by atoms with van der Waals surface area (Å²) in [5.74, 6) is -0.250. The van der Waals surface area contributed by atoms with Crippen LogP contribution in [0.3, 0.4) is 0 Å². The summed E-state index contributed by atoms with van der Waals surface area (Å²) in [6.07, 6.45) is 0.338. The number of halogens is 2. The van der Waals surface area contributed by atoms with Crippen molar-refractivity contribution in [2.24, 2.45) is 0 Å². The van der Waals surface area contributed by atoms with Gasteiger partial charge in [0.25, 0.3) is 0 Å². The molecule has 2 rings (SSSR count). The Kier molecular flexibility index (Phi) is 4.61. The Hall–Kier alpha value is -1.90. The molecule has 0 bridgehead atoms. The summed E-state index contributed by atoms with van der Waals surface area (Å²) in [6.45, 7) is -3.00. The van der Waals surface area contributed by atoms with Crippen LogP contribution in [0.5, 0.6) is 5.75 Å². The van der Waals surface area contributed by atoms with Crippen LogP contribution in [0.2, 0.25) is 0 Å². The number of hydrogen-bond donors (Lipinski definition) is 2. The van der Waals surface area contributed by atoms with E-state index < -0.39 is 28.5 Å². The molecular formula is C12H14F2N2O4S. The second kappa shape index (κ2) is 6.25. The van der Waals surface area contributed by atoms with Crippen molar-refractivity contribution in [1.29, 1.82) is 0 Å². The second-order valence-corrected chi connectivity index (χ2v) is 6.80. The van der Waals surface area contributed by atoms with E-state index in [0.717, 1.165) is 0 Å². The van der Waals surface area contributed by atoms with E-state index in [2.05, 4.69) is 15.4 Å². The van der Waals surface area contributed by atoms with E-state index in [1.165, 1.54) is 18.2 Å². The van der Waals surface area contributed by atoms with Gasteiger partial charge in [-0.2, -0.15) is 8.78 Å². The van der Waals surface area contributed by atoms with Gasteiger partial charge in [0, 0.05) is 6.04 Å². The van der Waals surface area contributed by atoms with Gasteiger partial charge < -0.3 is 15.4 Å². The summed E-state index contributed by atoms with van der Waals surface area (Å²) in [4.78, 5) is 11.8. The molecular weight excluding hydrogens is 306 g/mol. The molecule has 0 spiro atoms. The summed E-state index contributed by atoms with van der Waals surface area (Å²) in [7, 11) is -3.10. The minimum absolute atomic E-state index is 0.0308. The SMILES string of the molecule is O=C(Nc1ccccc1OC(F)F)NC1CCS(=O)(=O)C1. The largest absolute Gasteiger partial charge is 0.433 e. The maximum atomic E-state index is 12.2. The fraction of sp³-hybridized carbons (Fsp3) is 0.417. The zero-order valence-electron chi connectivity index (χ0n) is 10.9. The fourth-order valence-electron chi connectivity index (χ4n) is 2.02. The van der Waals surface area contributed by atoms with Crippen LogP contribution in [0, 0.1) is 0 Å². The van der Waals surface area contributed by atoms with E-state index in [9.17, 15) is 22.0 Å². The molecule has 1 saturated heterocycles. The predicted octanol–water partition coefficient (Wildman–Crippen LogP) is 1.60. The molecule has 1 aliphatic rings. The van der Waals surface area contributed by atoms with E-state index in [0.29, 0.717) is 6.42 Å². The molecule has 1 atom stereocenters. The van der Waals surface area contributed by atoms with Crippen molar-refractivity contribution in [3.05, 3.63) is 24.3 Å². The van der Waals surface area contributed by atoms with Gasteiger partial charge in [0.2, 0.25) is 0 Å². The Labute approximate surface area is 120 Å². The zero-order valence-corrected chi connectivity index (χ0v) is 11.7. The quantitative estimate of drug-likeness (QED) is 0.882. The molecule has 1 unspecified atom stereocenters. The summed E-state index contributed by atoms with van der Waals surface area (Å²) in [5, 5.41) is 4.86. The molecule has 0 aliphatic carbocycles. The molecule has 1 aromatic rings. The van der Waals surface area contributed by atoms with Crippen molar-refractivity contribution in [2.45, 2.75) is 19.1 Å². The number of urea groups is 1. The van der Waals surface area contributed by atoms with Crippen molar-refractivity contribution in [3.63, 3.8) is 0 Å². The molecule has 1 aliphatic heterocycles. The van der Waals surface area contributed by atoms with Crippen molar-refractivity contribution in [2.75, 3.05) is 16.8 Å². The molecule has 1 aromatic carbocycles. The standard InChI is InChI=1S/C12H14F2N2O4S/c13-11(14)20-10-4-2-1-3-9(10)16-12(17)15-8-5-6-21(18,19)7-8/h1-4,8,11H,5-7H2,(H2,15,16,17). The molecule has 0 aromatic heterocycles. The van der Waals surface area contributed by atoms with Crippen LogP contribution < -0.4 is 15.4 Å². The van der Waals surface area contributed by atoms with Crippen molar-refractivity contribution in [3.8, 4) is 5.75 Å². The van der Waals surface area contributed by atoms with Crippen molar-refractivity contribution in [1.82, 2.24) is 5.32 Å². The highest BCUT2D eigenvalue weighted by Gasteiger charge is 2.29. The Morgan fingerprint density at radius 1 is 1.33 bits per heavy atom. The lowest BCUT2D eigenvalue weighted by atomic mass is 10.2. The van der Waals surface area contributed by atoms with E-state index in [4.69, 9.17) is 0 Å². The van der Waals surface area contributed by atoms with Gasteiger partial charge in [-0.25, -0.2) is 13.2 Å². The van der Waals surface area contributed by atoms with E-state index >= 15 is 0 Å². The van der Waals surface area contributed by atoms with Crippen LogP contribution in [-0.4, -0.2) is 38.6 Å². The summed E-state index contributed by atoms with van der Waals surface area (Å²) >= 11 is 0. The maximum Gasteiger partial charge on any atom is 0.387 e. The Balaban J connectivity index is 1.97. The highest BCUT2D eigenvalue weighted by atomic mass is 32.2. The van der Waals surface area contributed by atoms with Gasteiger partial charge in [0.15, 0.2) is 9.84 Å². The molecule has 2 amide bonds.